The smallest absolute Gasteiger partial charge is 0.343 e. The highest BCUT2D eigenvalue weighted by Gasteiger charge is 2.23. The summed E-state index contributed by atoms with van der Waals surface area (Å²) < 4.78 is 39.1. The fraction of sp³-hybridized carbons (Fsp3) is 0.500. The molecule has 0 N–H and O–H groups in total. The Morgan fingerprint density at radius 2 is 0.807 bits per heavy atom. The summed E-state index contributed by atoms with van der Waals surface area (Å²) in [6, 6.07) is 21.6. The van der Waals surface area contributed by atoms with Gasteiger partial charge >= 0.3 is 5.97 Å². The highest BCUT2D eigenvalue weighted by molar-refractivity contribution is 6.28. The summed E-state index contributed by atoms with van der Waals surface area (Å²) >= 11 is 0. The summed E-state index contributed by atoms with van der Waals surface area (Å²) in [5.74, 6) is 3.34. The first kappa shape index (κ1) is 43.5. The highest BCUT2D eigenvalue weighted by Crippen LogP contribution is 2.49. The van der Waals surface area contributed by atoms with E-state index in [1.165, 1.54) is 0 Å². The maximum atomic E-state index is 13.6. The molecule has 308 valence electrons. The van der Waals surface area contributed by atoms with Gasteiger partial charge in [-0.25, -0.2) is 4.79 Å². The predicted octanol–water partition coefficient (Wildman–Crippen LogP) is 14.2. The lowest BCUT2D eigenvalue weighted by atomic mass is 9.92. The fourth-order valence-electron chi connectivity index (χ4n) is 7.12. The second kappa shape index (κ2) is 23.5. The molecular weight excluding hydrogens is 713 g/mol. The van der Waals surface area contributed by atoms with Gasteiger partial charge in [0.25, 0.3) is 0 Å². The predicted molar refractivity (Wildman–Crippen MR) is 235 cm³/mol. The topological polar surface area (TPSA) is 72.5 Å². The Morgan fingerprint density at radius 1 is 0.404 bits per heavy atom. The number of esters is 1. The van der Waals surface area contributed by atoms with Crippen LogP contribution < -0.4 is 28.4 Å². The van der Waals surface area contributed by atoms with Gasteiger partial charge in [0.15, 0.2) is 34.5 Å². The van der Waals surface area contributed by atoms with E-state index in [4.69, 9.17) is 28.4 Å². The quantitative estimate of drug-likeness (QED) is 0.0227. The maximum Gasteiger partial charge on any atom is 0.343 e. The lowest BCUT2D eigenvalue weighted by molar-refractivity contribution is 0.0728. The van der Waals surface area contributed by atoms with Gasteiger partial charge in [0, 0.05) is 5.39 Å². The van der Waals surface area contributed by atoms with Crippen LogP contribution in [0, 0.1) is 0 Å². The summed E-state index contributed by atoms with van der Waals surface area (Å²) in [5, 5.41) is 5.75. The zero-order valence-electron chi connectivity index (χ0n) is 35.4. The summed E-state index contributed by atoms with van der Waals surface area (Å²) in [7, 11) is 0. The van der Waals surface area contributed by atoms with E-state index < -0.39 is 5.97 Å². The van der Waals surface area contributed by atoms with E-state index >= 15 is 0 Å². The summed E-state index contributed by atoms with van der Waals surface area (Å²) in [6.45, 7) is 13.9. The minimum absolute atomic E-state index is 0.371. The Labute approximate surface area is 341 Å². The van der Waals surface area contributed by atoms with Crippen molar-refractivity contribution in [1.82, 2.24) is 0 Å². The van der Waals surface area contributed by atoms with Crippen LogP contribution in [0.3, 0.4) is 0 Å². The van der Waals surface area contributed by atoms with Crippen molar-refractivity contribution in [3.63, 3.8) is 0 Å². The fourth-order valence-corrected chi connectivity index (χ4v) is 7.12. The molecule has 0 aliphatic carbocycles. The Morgan fingerprint density at radius 3 is 1.32 bits per heavy atom. The van der Waals surface area contributed by atoms with Crippen molar-refractivity contribution in [2.24, 2.45) is 0 Å². The first-order chi connectivity index (χ1) is 28.0. The Balaban J connectivity index is 1.81. The lowest BCUT2D eigenvalue weighted by Gasteiger charge is -2.21. The number of carbonyl (C=O) groups is 1. The molecule has 0 aromatic heterocycles. The molecule has 7 nitrogen and oxygen atoms in total. The molecule has 5 aromatic rings. The van der Waals surface area contributed by atoms with E-state index in [0.29, 0.717) is 55.8 Å². The number of hydrogen-bond donors (Lipinski definition) is 0. The first-order valence-electron chi connectivity index (χ1n) is 22.0. The Bertz CT molecular complexity index is 1980. The highest BCUT2D eigenvalue weighted by atomic mass is 16.6. The van der Waals surface area contributed by atoms with Crippen LogP contribution in [0.2, 0.25) is 0 Å². The van der Waals surface area contributed by atoms with E-state index in [9.17, 15) is 4.79 Å². The van der Waals surface area contributed by atoms with Gasteiger partial charge in [-0.15, -0.1) is 0 Å². The summed E-state index contributed by atoms with van der Waals surface area (Å²) in [4.78, 5) is 13.6. The van der Waals surface area contributed by atoms with E-state index in [-0.39, 0.29) is 0 Å². The van der Waals surface area contributed by atoms with Crippen LogP contribution in [0.25, 0.3) is 32.3 Å². The number of rotatable bonds is 27. The maximum absolute atomic E-state index is 13.6. The molecule has 0 bridgehead atoms. The van der Waals surface area contributed by atoms with Crippen LogP contribution in [-0.2, 0) is 0 Å². The van der Waals surface area contributed by atoms with Crippen LogP contribution in [0.15, 0.2) is 66.7 Å². The molecule has 0 unspecified atom stereocenters. The monoisotopic (exact) mass is 778 g/mol. The molecule has 0 radical (unpaired) electrons. The molecule has 57 heavy (non-hydrogen) atoms. The Kier molecular flexibility index (Phi) is 18.0. The van der Waals surface area contributed by atoms with E-state index in [2.05, 4.69) is 58.9 Å². The molecule has 0 saturated carbocycles. The van der Waals surface area contributed by atoms with Crippen molar-refractivity contribution in [2.45, 2.75) is 131 Å². The molecule has 0 atom stereocenters. The molecule has 0 heterocycles. The van der Waals surface area contributed by atoms with Gasteiger partial charge in [-0.1, -0.05) is 117 Å². The normalized spacial score (nSPS) is 11.3. The lowest BCUT2D eigenvalue weighted by Crippen LogP contribution is -2.10. The van der Waals surface area contributed by atoms with E-state index in [1.807, 2.05) is 30.3 Å². The molecule has 0 saturated heterocycles. The Hall–Kier alpha value is -4.65. The standard InChI is InChI=1S/C50H66O7/c1-6-11-19-28-52-43-27-26-38-39-33-44(53-29-20-12-7-2)45(54-30-21-13-8-3)34-40(39)41-35-47(57-50(51)37-24-17-16-18-25-37)46(55-31-22-14-9-4)36-42(41)48(38)49(43)56-32-23-15-10-5/h16-18,24-27,33-36H,6-15,19-23,28-32H2,1-5H3. The van der Waals surface area contributed by atoms with Gasteiger partial charge in [-0.05, 0) is 108 Å². The average molecular weight is 779 g/mol. The minimum atomic E-state index is -0.441. The number of benzene rings is 5. The number of hydrogen-bond acceptors (Lipinski definition) is 7. The van der Waals surface area contributed by atoms with Crippen LogP contribution in [0.5, 0.6) is 34.5 Å². The van der Waals surface area contributed by atoms with Crippen molar-refractivity contribution in [1.29, 1.82) is 0 Å². The summed E-state index contributed by atoms with van der Waals surface area (Å²) in [6.07, 6.45) is 15.6. The van der Waals surface area contributed by atoms with Gasteiger partial charge in [0.1, 0.15) is 0 Å². The van der Waals surface area contributed by atoms with Gasteiger partial charge in [-0.2, -0.15) is 0 Å². The van der Waals surface area contributed by atoms with Gasteiger partial charge in [0.05, 0.1) is 38.6 Å². The van der Waals surface area contributed by atoms with Crippen molar-refractivity contribution in [2.75, 3.05) is 33.0 Å². The number of unbranched alkanes of at least 4 members (excludes halogenated alkanes) is 10. The third-order valence-corrected chi connectivity index (χ3v) is 10.4. The molecule has 5 rings (SSSR count). The van der Waals surface area contributed by atoms with Crippen LogP contribution >= 0.6 is 0 Å². The number of ether oxygens (including phenoxy) is 6. The van der Waals surface area contributed by atoms with Gasteiger partial charge < -0.3 is 28.4 Å². The largest absolute Gasteiger partial charge is 0.490 e. The number of carbonyl (C=O) groups excluding carboxylic acids is 1. The average Bonchev–Trinajstić information content (AvgIpc) is 3.23. The minimum Gasteiger partial charge on any atom is -0.490 e. The molecule has 0 spiro atoms. The molecular formula is C50H66O7. The SMILES string of the molecule is CCCCCOc1cc2c(cc1OCCCCC)c1ccc(OCCCCC)c(OCCCCC)c1c1cc(OCCCCC)c(OC(=O)c3ccccc3)cc21. The van der Waals surface area contributed by atoms with E-state index in [0.717, 1.165) is 146 Å². The van der Waals surface area contributed by atoms with Crippen molar-refractivity contribution in [3.8, 4) is 34.5 Å². The van der Waals surface area contributed by atoms with Crippen molar-refractivity contribution < 1.29 is 33.2 Å². The van der Waals surface area contributed by atoms with E-state index in [1.54, 1.807) is 12.1 Å². The second-order valence-electron chi connectivity index (χ2n) is 15.0. The van der Waals surface area contributed by atoms with Crippen LogP contribution in [-0.4, -0.2) is 39.0 Å². The van der Waals surface area contributed by atoms with Gasteiger partial charge in [-0.3, -0.25) is 0 Å². The molecule has 0 amide bonds. The number of fused-ring (bicyclic) bond motifs is 6. The second-order valence-corrected chi connectivity index (χ2v) is 15.0. The third kappa shape index (κ3) is 11.9. The summed E-state index contributed by atoms with van der Waals surface area (Å²) in [5.41, 5.74) is 0.471. The first-order valence-corrected chi connectivity index (χ1v) is 22.0. The molecule has 7 heteroatoms. The van der Waals surface area contributed by atoms with Gasteiger partial charge in [0.2, 0.25) is 0 Å². The van der Waals surface area contributed by atoms with Crippen molar-refractivity contribution in [3.05, 3.63) is 72.3 Å². The molecule has 0 aliphatic heterocycles. The van der Waals surface area contributed by atoms with Crippen LogP contribution in [0.1, 0.15) is 141 Å². The zero-order valence-corrected chi connectivity index (χ0v) is 35.4. The zero-order chi connectivity index (χ0) is 40.2. The molecule has 5 aromatic carbocycles. The van der Waals surface area contributed by atoms with Crippen LogP contribution in [0.4, 0.5) is 0 Å². The third-order valence-electron chi connectivity index (χ3n) is 10.4. The molecule has 0 aliphatic rings. The molecule has 0 fully saturated rings. The van der Waals surface area contributed by atoms with Crippen molar-refractivity contribution >= 4 is 38.3 Å².